The first-order valence-corrected chi connectivity index (χ1v) is 9.71. The van der Waals surface area contributed by atoms with Gasteiger partial charge in [0.2, 0.25) is 5.89 Å². The zero-order chi connectivity index (χ0) is 20.9. The van der Waals surface area contributed by atoms with Crippen LogP contribution in [-0.2, 0) is 0 Å². The molecule has 1 amide bonds. The van der Waals surface area contributed by atoms with Gasteiger partial charge in [-0.3, -0.25) is 4.79 Å². The molecular formula is C25H22N2O3. The van der Waals surface area contributed by atoms with E-state index in [0.717, 1.165) is 16.9 Å². The van der Waals surface area contributed by atoms with Crippen molar-refractivity contribution in [3.05, 3.63) is 96.2 Å². The van der Waals surface area contributed by atoms with Crippen LogP contribution >= 0.6 is 0 Å². The summed E-state index contributed by atoms with van der Waals surface area (Å²) in [7, 11) is 1.62. The van der Waals surface area contributed by atoms with Gasteiger partial charge >= 0.3 is 0 Å². The minimum Gasteiger partial charge on any atom is -0.497 e. The predicted molar refractivity (Wildman–Crippen MR) is 116 cm³/mol. The highest BCUT2D eigenvalue weighted by atomic mass is 16.5. The summed E-state index contributed by atoms with van der Waals surface area (Å²) in [5, 5.41) is 3.05. The van der Waals surface area contributed by atoms with Gasteiger partial charge in [-0.2, -0.15) is 0 Å². The van der Waals surface area contributed by atoms with Crippen LogP contribution in [0, 0.1) is 0 Å². The summed E-state index contributed by atoms with van der Waals surface area (Å²) in [5.41, 5.74) is 3.05. The van der Waals surface area contributed by atoms with Gasteiger partial charge in [-0.15, -0.1) is 0 Å². The van der Waals surface area contributed by atoms with Gasteiger partial charge in [0.25, 0.3) is 5.91 Å². The first-order valence-electron chi connectivity index (χ1n) is 9.71. The van der Waals surface area contributed by atoms with Crippen LogP contribution in [0.1, 0.15) is 28.9 Å². The Labute approximate surface area is 175 Å². The second-order valence-electron chi connectivity index (χ2n) is 6.91. The van der Waals surface area contributed by atoms with Gasteiger partial charge in [-0.25, -0.2) is 4.98 Å². The molecule has 4 aromatic rings. The lowest BCUT2D eigenvalue weighted by atomic mass is 10.0. The normalized spacial score (nSPS) is 11.7. The zero-order valence-corrected chi connectivity index (χ0v) is 16.8. The van der Waals surface area contributed by atoms with E-state index in [1.807, 2.05) is 79.7 Å². The number of oxazole rings is 1. The number of carbonyl (C=O) groups excluding carboxylic acids is 1. The van der Waals surface area contributed by atoms with Gasteiger partial charge < -0.3 is 14.5 Å². The van der Waals surface area contributed by atoms with Gasteiger partial charge in [0.1, 0.15) is 5.75 Å². The molecule has 1 N–H and O–H groups in total. The fourth-order valence-corrected chi connectivity index (χ4v) is 3.28. The van der Waals surface area contributed by atoms with Gasteiger partial charge in [-0.1, -0.05) is 54.6 Å². The molecular weight excluding hydrogens is 376 g/mol. The lowest BCUT2D eigenvalue weighted by Crippen LogP contribution is -2.27. The minimum atomic E-state index is -0.178. The smallest absolute Gasteiger partial charge is 0.252 e. The summed E-state index contributed by atoms with van der Waals surface area (Å²) >= 11 is 0. The number of amides is 1. The molecule has 30 heavy (non-hydrogen) atoms. The van der Waals surface area contributed by atoms with Crippen LogP contribution in [0.3, 0.4) is 0 Å². The maximum atomic E-state index is 13.0. The molecule has 0 spiro atoms. The molecule has 5 nitrogen and oxygen atoms in total. The van der Waals surface area contributed by atoms with Crippen LogP contribution in [0.25, 0.3) is 22.8 Å². The zero-order valence-electron chi connectivity index (χ0n) is 16.8. The number of hydrogen-bond donors (Lipinski definition) is 1. The Bertz CT molecular complexity index is 1150. The quantitative estimate of drug-likeness (QED) is 0.465. The lowest BCUT2D eigenvalue weighted by molar-refractivity contribution is 0.0940. The van der Waals surface area contributed by atoms with Crippen LogP contribution in [0.4, 0.5) is 0 Å². The molecule has 1 atom stereocenters. The Morgan fingerprint density at radius 3 is 2.57 bits per heavy atom. The average Bonchev–Trinajstić information content (AvgIpc) is 3.30. The molecule has 1 aromatic heterocycles. The van der Waals surface area contributed by atoms with Gasteiger partial charge in [0.05, 0.1) is 24.9 Å². The summed E-state index contributed by atoms with van der Waals surface area (Å²) in [6, 6.07) is 24.6. The highest BCUT2D eigenvalue weighted by molar-refractivity contribution is 6.00. The topological polar surface area (TPSA) is 64.4 Å². The molecule has 0 radical (unpaired) electrons. The van der Waals surface area contributed by atoms with Crippen LogP contribution in [-0.4, -0.2) is 18.0 Å². The van der Waals surface area contributed by atoms with E-state index in [1.54, 1.807) is 19.4 Å². The fourth-order valence-electron chi connectivity index (χ4n) is 3.28. The van der Waals surface area contributed by atoms with E-state index < -0.39 is 0 Å². The van der Waals surface area contributed by atoms with E-state index in [-0.39, 0.29) is 11.9 Å². The summed E-state index contributed by atoms with van der Waals surface area (Å²) < 4.78 is 11.3. The predicted octanol–water partition coefficient (Wildman–Crippen LogP) is 5.51. The number of nitrogens with one attached hydrogen (secondary N) is 1. The molecule has 0 unspecified atom stereocenters. The highest BCUT2D eigenvalue weighted by Gasteiger charge is 2.19. The van der Waals surface area contributed by atoms with E-state index in [0.29, 0.717) is 22.8 Å². The van der Waals surface area contributed by atoms with Crippen LogP contribution in [0.5, 0.6) is 5.75 Å². The minimum absolute atomic E-state index is 0.122. The molecule has 0 fully saturated rings. The molecule has 150 valence electrons. The van der Waals surface area contributed by atoms with Crippen molar-refractivity contribution in [1.82, 2.24) is 10.3 Å². The van der Waals surface area contributed by atoms with E-state index in [2.05, 4.69) is 10.3 Å². The van der Waals surface area contributed by atoms with Crippen molar-refractivity contribution in [3.63, 3.8) is 0 Å². The Morgan fingerprint density at radius 2 is 1.77 bits per heavy atom. The summed E-state index contributed by atoms with van der Waals surface area (Å²) in [6.07, 6.45) is 1.66. The van der Waals surface area contributed by atoms with Crippen molar-refractivity contribution in [2.75, 3.05) is 7.11 Å². The van der Waals surface area contributed by atoms with Crippen molar-refractivity contribution in [1.29, 1.82) is 0 Å². The first-order chi connectivity index (χ1) is 14.7. The molecule has 3 aromatic carbocycles. The molecule has 1 heterocycles. The molecule has 5 heteroatoms. The van der Waals surface area contributed by atoms with E-state index >= 15 is 0 Å². The number of nitrogens with zero attached hydrogens (tertiary/aromatic N) is 1. The van der Waals surface area contributed by atoms with E-state index in [1.165, 1.54) is 0 Å². The summed E-state index contributed by atoms with van der Waals surface area (Å²) in [6.45, 7) is 1.96. The lowest BCUT2D eigenvalue weighted by Gasteiger charge is -2.15. The Hall–Kier alpha value is -3.86. The molecule has 0 aliphatic carbocycles. The number of carbonyl (C=O) groups is 1. The number of aromatic nitrogens is 1. The van der Waals surface area contributed by atoms with E-state index in [9.17, 15) is 4.79 Å². The third-order valence-electron chi connectivity index (χ3n) is 4.91. The van der Waals surface area contributed by atoms with Gasteiger partial charge in [0, 0.05) is 11.1 Å². The largest absolute Gasteiger partial charge is 0.497 e. The van der Waals surface area contributed by atoms with Crippen LogP contribution in [0.15, 0.2) is 89.5 Å². The molecule has 4 rings (SSSR count). The maximum Gasteiger partial charge on any atom is 0.252 e. The van der Waals surface area contributed by atoms with Crippen molar-refractivity contribution >= 4 is 5.91 Å². The first kappa shape index (κ1) is 19.5. The molecule has 0 bridgehead atoms. The van der Waals surface area contributed by atoms with E-state index in [4.69, 9.17) is 9.15 Å². The highest BCUT2D eigenvalue weighted by Crippen LogP contribution is 2.30. The summed E-state index contributed by atoms with van der Waals surface area (Å²) in [5.74, 6) is 1.56. The molecule has 0 saturated heterocycles. The second kappa shape index (κ2) is 8.66. The maximum absolute atomic E-state index is 13.0. The Kier molecular flexibility index (Phi) is 5.61. The van der Waals surface area contributed by atoms with Crippen molar-refractivity contribution in [2.24, 2.45) is 0 Å². The number of rotatable bonds is 6. The number of methoxy groups -OCH3 is 1. The molecule has 0 saturated carbocycles. The summed E-state index contributed by atoms with van der Waals surface area (Å²) in [4.78, 5) is 17.4. The third-order valence-corrected chi connectivity index (χ3v) is 4.91. The van der Waals surface area contributed by atoms with Gasteiger partial charge in [0.15, 0.2) is 5.76 Å². The number of benzene rings is 3. The van der Waals surface area contributed by atoms with Crippen molar-refractivity contribution in [2.45, 2.75) is 13.0 Å². The fraction of sp³-hybridized carbons (Fsp3) is 0.120. The molecule has 0 aliphatic rings. The van der Waals surface area contributed by atoms with Gasteiger partial charge in [-0.05, 0) is 36.8 Å². The standard InChI is InChI=1S/C25H22N2O3/c1-17(18-9-4-3-5-10-18)27-24(28)21-13-6-7-14-22(21)25-26-16-23(30-25)19-11-8-12-20(15-19)29-2/h3-17H,1-2H3,(H,27,28)/t17-/m1/s1. The Balaban J connectivity index is 1.61. The Morgan fingerprint density at radius 1 is 1.00 bits per heavy atom. The van der Waals surface area contributed by atoms with Crippen LogP contribution in [0.2, 0.25) is 0 Å². The van der Waals surface area contributed by atoms with Crippen molar-refractivity contribution in [3.8, 4) is 28.5 Å². The number of hydrogen-bond acceptors (Lipinski definition) is 4. The van der Waals surface area contributed by atoms with Crippen LogP contribution < -0.4 is 10.1 Å². The SMILES string of the molecule is COc1cccc(-c2cnc(-c3ccccc3C(=O)N[C@H](C)c3ccccc3)o2)c1. The second-order valence-corrected chi connectivity index (χ2v) is 6.91. The number of ether oxygens (including phenoxy) is 1. The average molecular weight is 398 g/mol. The monoisotopic (exact) mass is 398 g/mol. The van der Waals surface area contributed by atoms with Crippen molar-refractivity contribution < 1.29 is 13.9 Å². The third kappa shape index (κ3) is 4.10. The molecule has 0 aliphatic heterocycles.